The third-order valence-corrected chi connectivity index (χ3v) is 4.10. The van der Waals surface area contributed by atoms with E-state index in [4.69, 9.17) is 10.6 Å². The Balaban J connectivity index is 2.05. The maximum absolute atomic E-state index is 5.72. The summed E-state index contributed by atoms with van der Waals surface area (Å²) in [6.45, 7) is 7.43. The number of ether oxygens (including phenoxy) is 1. The van der Waals surface area contributed by atoms with Crippen LogP contribution in [0.3, 0.4) is 0 Å². The van der Waals surface area contributed by atoms with E-state index in [0.29, 0.717) is 12.1 Å². The van der Waals surface area contributed by atoms with Crippen molar-refractivity contribution >= 4 is 0 Å². The topological polar surface area (TPSA) is 47.3 Å². The van der Waals surface area contributed by atoms with Gasteiger partial charge < -0.3 is 4.74 Å². The Morgan fingerprint density at radius 2 is 2.00 bits per heavy atom. The molecule has 19 heavy (non-hydrogen) atoms. The fraction of sp³-hybridized carbons (Fsp3) is 0.625. The van der Waals surface area contributed by atoms with Gasteiger partial charge in [-0.2, -0.15) is 0 Å². The van der Waals surface area contributed by atoms with Crippen LogP contribution < -0.4 is 11.3 Å². The van der Waals surface area contributed by atoms with Gasteiger partial charge in [0.15, 0.2) is 0 Å². The standard InChI is InChI=1S/C16H26N2O/c1-11-7-12(2)16(13(3)8-11)10-14(18-17)9-15-5-4-6-19-15/h7-8,14-15,18H,4-6,9-10,17H2,1-3H3. The highest BCUT2D eigenvalue weighted by molar-refractivity contribution is 5.38. The zero-order chi connectivity index (χ0) is 13.8. The normalized spacial score (nSPS) is 20.7. The molecule has 0 radical (unpaired) electrons. The minimum Gasteiger partial charge on any atom is -0.378 e. The molecule has 2 atom stereocenters. The molecule has 0 amide bonds. The minimum absolute atomic E-state index is 0.295. The van der Waals surface area contributed by atoms with Gasteiger partial charge in [0.25, 0.3) is 0 Å². The summed E-state index contributed by atoms with van der Waals surface area (Å²) in [6.07, 6.45) is 4.72. The van der Waals surface area contributed by atoms with E-state index in [1.165, 1.54) is 35.1 Å². The summed E-state index contributed by atoms with van der Waals surface area (Å²) in [6, 6.07) is 4.80. The van der Waals surface area contributed by atoms with Crippen LogP contribution in [0, 0.1) is 20.8 Å². The van der Waals surface area contributed by atoms with Crippen LogP contribution in [-0.4, -0.2) is 18.8 Å². The first kappa shape index (κ1) is 14.5. The van der Waals surface area contributed by atoms with Gasteiger partial charge in [-0.1, -0.05) is 17.7 Å². The van der Waals surface area contributed by atoms with Crippen LogP contribution >= 0.6 is 0 Å². The summed E-state index contributed by atoms with van der Waals surface area (Å²) in [5.41, 5.74) is 8.45. The third kappa shape index (κ3) is 3.78. The molecule has 1 aliphatic rings. The summed E-state index contributed by atoms with van der Waals surface area (Å²) in [4.78, 5) is 0. The van der Waals surface area contributed by atoms with Crippen molar-refractivity contribution in [1.82, 2.24) is 5.43 Å². The van der Waals surface area contributed by atoms with E-state index >= 15 is 0 Å². The van der Waals surface area contributed by atoms with E-state index in [2.05, 4.69) is 38.3 Å². The van der Waals surface area contributed by atoms with Gasteiger partial charge in [-0.05, 0) is 63.1 Å². The van der Waals surface area contributed by atoms with E-state index in [1.54, 1.807) is 0 Å². The number of hydrazine groups is 1. The molecule has 1 aromatic carbocycles. The van der Waals surface area contributed by atoms with Crippen LogP contribution in [-0.2, 0) is 11.2 Å². The molecular weight excluding hydrogens is 236 g/mol. The molecule has 2 unspecified atom stereocenters. The molecule has 0 aromatic heterocycles. The molecule has 1 fully saturated rings. The Hall–Kier alpha value is -0.900. The van der Waals surface area contributed by atoms with Gasteiger partial charge in [-0.15, -0.1) is 0 Å². The Morgan fingerprint density at radius 3 is 2.53 bits per heavy atom. The van der Waals surface area contributed by atoms with Gasteiger partial charge in [0.1, 0.15) is 0 Å². The number of hydrogen-bond donors (Lipinski definition) is 2. The maximum Gasteiger partial charge on any atom is 0.0591 e. The summed E-state index contributed by atoms with van der Waals surface area (Å²) >= 11 is 0. The fourth-order valence-electron chi connectivity index (χ4n) is 3.14. The smallest absolute Gasteiger partial charge is 0.0591 e. The van der Waals surface area contributed by atoms with Crippen molar-refractivity contribution < 1.29 is 4.74 Å². The van der Waals surface area contributed by atoms with E-state index in [-0.39, 0.29) is 0 Å². The van der Waals surface area contributed by atoms with E-state index in [1.807, 2.05) is 0 Å². The second kappa shape index (κ2) is 6.51. The van der Waals surface area contributed by atoms with Crippen molar-refractivity contribution in [3.63, 3.8) is 0 Å². The number of nitrogens with two attached hydrogens (primary N) is 1. The van der Waals surface area contributed by atoms with Gasteiger partial charge >= 0.3 is 0 Å². The van der Waals surface area contributed by atoms with Crippen LogP contribution in [0.5, 0.6) is 0 Å². The van der Waals surface area contributed by atoms with Gasteiger partial charge in [0, 0.05) is 12.6 Å². The Bertz CT molecular complexity index is 402. The molecular formula is C16H26N2O. The van der Waals surface area contributed by atoms with E-state index in [0.717, 1.165) is 19.4 Å². The second-order valence-corrected chi connectivity index (χ2v) is 5.82. The molecule has 3 nitrogen and oxygen atoms in total. The van der Waals surface area contributed by atoms with E-state index in [9.17, 15) is 0 Å². The number of rotatable bonds is 5. The molecule has 0 saturated carbocycles. The molecule has 1 aromatic rings. The lowest BCUT2D eigenvalue weighted by atomic mass is 9.92. The fourth-order valence-corrected chi connectivity index (χ4v) is 3.14. The largest absolute Gasteiger partial charge is 0.378 e. The molecule has 0 spiro atoms. The Kier molecular flexibility index (Phi) is 4.97. The van der Waals surface area contributed by atoms with Gasteiger partial charge in [0.2, 0.25) is 0 Å². The first-order chi connectivity index (χ1) is 9.10. The maximum atomic E-state index is 5.72. The average molecular weight is 262 g/mol. The van der Waals surface area contributed by atoms with Crippen molar-refractivity contribution in [2.75, 3.05) is 6.61 Å². The highest BCUT2D eigenvalue weighted by Crippen LogP contribution is 2.22. The minimum atomic E-state index is 0.295. The lowest BCUT2D eigenvalue weighted by molar-refractivity contribution is 0.0945. The second-order valence-electron chi connectivity index (χ2n) is 5.82. The quantitative estimate of drug-likeness (QED) is 0.633. The number of benzene rings is 1. The Labute approximate surface area is 116 Å². The van der Waals surface area contributed by atoms with Gasteiger partial charge in [0.05, 0.1) is 6.10 Å². The first-order valence-corrected chi connectivity index (χ1v) is 7.24. The number of nitrogens with one attached hydrogen (secondary N) is 1. The zero-order valence-electron chi connectivity index (χ0n) is 12.3. The summed E-state index contributed by atoms with van der Waals surface area (Å²) < 4.78 is 5.71. The molecule has 3 N–H and O–H groups in total. The average Bonchev–Trinajstić information content (AvgIpc) is 2.84. The molecule has 1 heterocycles. The molecule has 106 valence electrons. The zero-order valence-corrected chi connectivity index (χ0v) is 12.3. The molecule has 1 aliphatic heterocycles. The van der Waals surface area contributed by atoms with Gasteiger partial charge in [-0.25, -0.2) is 0 Å². The van der Waals surface area contributed by atoms with Crippen molar-refractivity contribution in [2.45, 2.75) is 58.6 Å². The summed E-state index contributed by atoms with van der Waals surface area (Å²) in [5, 5.41) is 0. The molecule has 3 heteroatoms. The lowest BCUT2D eigenvalue weighted by Gasteiger charge is -2.22. The van der Waals surface area contributed by atoms with Gasteiger partial charge in [-0.3, -0.25) is 11.3 Å². The lowest BCUT2D eigenvalue weighted by Crippen LogP contribution is -2.39. The summed E-state index contributed by atoms with van der Waals surface area (Å²) in [7, 11) is 0. The van der Waals surface area contributed by atoms with Crippen molar-refractivity contribution in [2.24, 2.45) is 5.84 Å². The van der Waals surface area contributed by atoms with Crippen LogP contribution in [0.1, 0.15) is 41.5 Å². The first-order valence-electron chi connectivity index (χ1n) is 7.24. The Morgan fingerprint density at radius 1 is 1.32 bits per heavy atom. The highest BCUT2D eigenvalue weighted by atomic mass is 16.5. The third-order valence-electron chi connectivity index (χ3n) is 4.10. The summed E-state index contributed by atoms with van der Waals surface area (Å²) in [5.74, 6) is 5.72. The van der Waals surface area contributed by atoms with Crippen LogP contribution in [0.4, 0.5) is 0 Å². The van der Waals surface area contributed by atoms with Crippen molar-refractivity contribution in [1.29, 1.82) is 0 Å². The predicted molar refractivity (Wildman–Crippen MR) is 79.1 cm³/mol. The van der Waals surface area contributed by atoms with E-state index < -0.39 is 0 Å². The molecule has 1 saturated heterocycles. The van der Waals surface area contributed by atoms with Crippen LogP contribution in [0.15, 0.2) is 12.1 Å². The van der Waals surface area contributed by atoms with Crippen LogP contribution in [0.2, 0.25) is 0 Å². The molecule has 0 bridgehead atoms. The van der Waals surface area contributed by atoms with Crippen molar-refractivity contribution in [3.8, 4) is 0 Å². The number of aryl methyl sites for hydroxylation is 3. The molecule has 2 rings (SSSR count). The highest BCUT2D eigenvalue weighted by Gasteiger charge is 2.21. The van der Waals surface area contributed by atoms with Crippen molar-refractivity contribution in [3.05, 3.63) is 34.4 Å². The monoisotopic (exact) mass is 262 g/mol. The molecule has 0 aliphatic carbocycles. The number of hydrogen-bond acceptors (Lipinski definition) is 3. The predicted octanol–water partition coefficient (Wildman–Crippen LogP) is 2.56. The SMILES string of the molecule is Cc1cc(C)c(CC(CC2CCCO2)NN)c(C)c1. The van der Waals surface area contributed by atoms with Crippen LogP contribution in [0.25, 0.3) is 0 Å².